The van der Waals surface area contributed by atoms with Crippen LogP contribution in [0.3, 0.4) is 0 Å². The Kier molecular flexibility index (Phi) is 5.69. The molecule has 4 heteroatoms. The predicted molar refractivity (Wildman–Crippen MR) is 112 cm³/mol. The Morgan fingerprint density at radius 1 is 1.18 bits per heavy atom. The summed E-state index contributed by atoms with van der Waals surface area (Å²) in [4.78, 5) is 13.0. The van der Waals surface area contributed by atoms with Crippen LogP contribution in [0.25, 0.3) is 0 Å². The van der Waals surface area contributed by atoms with Gasteiger partial charge in [0.15, 0.2) is 6.10 Å². The van der Waals surface area contributed by atoms with Gasteiger partial charge in [-0.2, -0.15) is 0 Å². The second-order valence-corrected chi connectivity index (χ2v) is 8.43. The van der Waals surface area contributed by atoms with Gasteiger partial charge >= 0.3 is 0 Å². The van der Waals surface area contributed by atoms with E-state index in [1.54, 1.807) is 0 Å². The fourth-order valence-corrected chi connectivity index (χ4v) is 3.63. The topological polar surface area (TPSA) is 47.6 Å². The van der Waals surface area contributed by atoms with Gasteiger partial charge < -0.3 is 14.8 Å². The highest BCUT2D eigenvalue weighted by Gasteiger charge is 2.35. The summed E-state index contributed by atoms with van der Waals surface area (Å²) >= 11 is 0. The van der Waals surface area contributed by atoms with Crippen LogP contribution < -0.4 is 14.8 Å². The third kappa shape index (κ3) is 4.49. The molecule has 2 unspecified atom stereocenters. The summed E-state index contributed by atoms with van der Waals surface area (Å²) in [6.07, 6.45) is 0.794. The molecule has 1 aliphatic heterocycles. The molecule has 1 aliphatic rings. The summed E-state index contributed by atoms with van der Waals surface area (Å²) in [6.45, 7) is 12.2. The van der Waals surface area contributed by atoms with Crippen LogP contribution in [0, 0.1) is 20.8 Å². The molecule has 2 aromatic carbocycles. The molecule has 28 heavy (non-hydrogen) atoms. The van der Waals surface area contributed by atoms with Crippen LogP contribution in [-0.2, 0) is 4.79 Å². The van der Waals surface area contributed by atoms with Crippen molar-refractivity contribution < 1.29 is 14.3 Å². The van der Waals surface area contributed by atoms with Crippen molar-refractivity contribution in [3.63, 3.8) is 0 Å². The predicted octanol–water partition coefficient (Wildman–Crippen LogP) is 5.19. The molecule has 1 heterocycles. The standard InChI is InChI=1S/C24H31NO3/c1-7-21(27-18-10-9-16(3)17(4)13-18)23(26)25-20-14-24(5,6)28-22-12-15(2)8-11-19(20)22/h8-13,20-21H,7,14H2,1-6H3,(H,25,26). The Morgan fingerprint density at radius 2 is 1.93 bits per heavy atom. The van der Waals surface area contributed by atoms with Gasteiger partial charge in [0.1, 0.15) is 17.1 Å². The summed E-state index contributed by atoms with van der Waals surface area (Å²) in [5, 5.41) is 3.20. The zero-order valence-electron chi connectivity index (χ0n) is 17.8. The second kappa shape index (κ2) is 7.86. The molecule has 3 rings (SSSR count). The Bertz CT molecular complexity index is 872. The van der Waals surface area contributed by atoms with Crippen LogP contribution >= 0.6 is 0 Å². The minimum absolute atomic E-state index is 0.0880. The number of rotatable bonds is 5. The van der Waals surface area contributed by atoms with Crippen LogP contribution in [0.15, 0.2) is 36.4 Å². The van der Waals surface area contributed by atoms with Gasteiger partial charge in [-0.3, -0.25) is 4.79 Å². The number of amides is 1. The lowest BCUT2D eigenvalue weighted by molar-refractivity contribution is -0.129. The molecule has 0 aliphatic carbocycles. The zero-order chi connectivity index (χ0) is 20.5. The minimum Gasteiger partial charge on any atom is -0.487 e. The fraction of sp³-hybridized carbons (Fsp3) is 0.458. The van der Waals surface area contributed by atoms with Crippen molar-refractivity contribution in [3.05, 3.63) is 58.7 Å². The van der Waals surface area contributed by atoms with E-state index in [9.17, 15) is 4.79 Å². The Balaban J connectivity index is 1.77. The first kappa shape index (κ1) is 20.2. The third-order valence-corrected chi connectivity index (χ3v) is 5.36. The maximum absolute atomic E-state index is 13.0. The molecule has 0 aromatic heterocycles. The van der Waals surface area contributed by atoms with Gasteiger partial charge in [-0.15, -0.1) is 0 Å². The van der Waals surface area contributed by atoms with Crippen LogP contribution in [0.4, 0.5) is 0 Å². The lowest BCUT2D eigenvalue weighted by Gasteiger charge is -2.38. The van der Waals surface area contributed by atoms with Gasteiger partial charge in [0.2, 0.25) is 0 Å². The monoisotopic (exact) mass is 381 g/mol. The van der Waals surface area contributed by atoms with Crippen molar-refractivity contribution in [2.75, 3.05) is 0 Å². The fourth-order valence-electron chi connectivity index (χ4n) is 3.63. The smallest absolute Gasteiger partial charge is 0.261 e. The largest absolute Gasteiger partial charge is 0.487 e. The van der Waals surface area contributed by atoms with E-state index < -0.39 is 6.10 Å². The van der Waals surface area contributed by atoms with Crippen molar-refractivity contribution >= 4 is 5.91 Å². The average molecular weight is 382 g/mol. The van der Waals surface area contributed by atoms with Crippen molar-refractivity contribution in [2.45, 2.75) is 72.1 Å². The molecule has 0 spiro atoms. The lowest BCUT2D eigenvalue weighted by Crippen LogP contribution is -2.45. The van der Waals surface area contributed by atoms with Crippen molar-refractivity contribution in [2.24, 2.45) is 0 Å². The average Bonchev–Trinajstić information content (AvgIpc) is 2.61. The first-order valence-corrected chi connectivity index (χ1v) is 10.0. The van der Waals surface area contributed by atoms with Crippen molar-refractivity contribution in [1.82, 2.24) is 5.32 Å². The normalized spacial score (nSPS) is 18.6. The second-order valence-electron chi connectivity index (χ2n) is 8.43. The molecular weight excluding hydrogens is 350 g/mol. The SMILES string of the molecule is CCC(Oc1ccc(C)c(C)c1)C(=O)NC1CC(C)(C)Oc2cc(C)ccc21. The van der Waals surface area contributed by atoms with Crippen LogP contribution in [-0.4, -0.2) is 17.6 Å². The van der Waals surface area contributed by atoms with E-state index in [4.69, 9.17) is 9.47 Å². The molecule has 2 aromatic rings. The molecule has 1 N–H and O–H groups in total. The van der Waals surface area contributed by atoms with Gasteiger partial charge in [-0.25, -0.2) is 0 Å². The molecule has 0 fully saturated rings. The maximum Gasteiger partial charge on any atom is 0.261 e. The molecular formula is C24H31NO3. The molecule has 1 amide bonds. The minimum atomic E-state index is -0.526. The number of hydrogen-bond acceptors (Lipinski definition) is 3. The first-order valence-electron chi connectivity index (χ1n) is 10.0. The number of hydrogen-bond donors (Lipinski definition) is 1. The Hall–Kier alpha value is -2.49. The number of carbonyl (C=O) groups is 1. The summed E-state index contributed by atoms with van der Waals surface area (Å²) in [6, 6.07) is 12.0. The molecule has 2 atom stereocenters. The van der Waals surface area contributed by atoms with Gasteiger partial charge in [0.05, 0.1) is 6.04 Å². The molecule has 0 radical (unpaired) electrons. The summed E-state index contributed by atoms with van der Waals surface area (Å²) < 4.78 is 12.2. The van der Waals surface area contributed by atoms with E-state index in [2.05, 4.69) is 38.2 Å². The number of carbonyl (C=O) groups excluding carboxylic acids is 1. The molecule has 4 nitrogen and oxygen atoms in total. The highest BCUT2D eigenvalue weighted by atomic mass is 16.5. The third-order valence-electron chi connectivity index (χ3n) is 5.36. The van der Waals surface area contributed by atoms with E-state index in [0.717, 1.165) is 34.6 Å². The molecule has 0 saturated heterocycles. The number of ether oxygens (including phenoxy) is 2. The van der Waals surface area contributed by atoms with Gasteiger partial charge in [0, 0.05) is 12.0 Å². The molecule has 0 saturated carbocycles. The van der Waals surface area contributed by atoms with E-state index >= 15 is 0 Å². The molecule has 150 valence electrons. The first-order chi connectivity index (χ1) is 13.2. The maximum atomic E-state index is 13.0. The molecule has 0 bridgehead atoms. The Morgan fingerprint density at radius 3 is 2.61 bits per heavy atom. The zero-order valence-corrected chi connectivity index (χ0v) is 17.8. The van der Waals surface area contributed by atoms with Crippen molar-refractivity contribution in [3.8, 4) is 11.5 Å². The van der Waals surface area contributed by atoms with Crippen LogP contribution in [0.5, 0.6) is 11.5 Å². The van der Waals surface area contributed by atoms with E-state index in [-0.39, 0.29) is 17.6 Å². The number of aryl methyl sites for hydroxylation is 3. The lowest BCUT2D eigenvalue weighted by atomic mass is 9.89. The number of nitrogens with one attached hydrogen (secondary N) is 1. The summed E-state index contributed by atoms with van der Waals surface area (Å²) in [5.41, 5.74) is 4.20. The van der Waals surface area contributed by atoms with Crippen LogP contribution in [0.1, 0.15) is 61.9 Å². The van der Waals surface area contributed by atoms with Crippen LogP contribution in [0.2, 0.25) is 0 Å². The van der Waals surface area contributed by atoms with Crippen molar-refractivity contribution in [1.29, 1.82) is 0 Å². The quantitative estimate of drug-likeness (QED) is 0.775. The summed E-state index contributed by atoms with van der Waals surface area (Å²) in [5.74, 6) is 1.49. The number of benzene rings is 2. The van der Waals surface area contributed by atoms with E-state index in [1.807, 2.05) is 45.0 Å². The Labute approximate surface area is 168 Å². The number of fused-ring (bicyclic) bond motifs is 1. The van der Waals surface area contributed by atoms with E-state index in [0.29, 0.717) is 6.42 Å². The van der Waals surface area contributed by atoms with Gasteiger partial charge in [-0.1, -0.05) is 25.1 Å². The van der Waals surface area contributed by atoms with Gasteiger partial charge in [-0.05, 0) is 75.9 Å². The van der Waals surface area contributed by atoms with E-state index in [1.165, 1.54) is 5.56 Å². The highest BCUT2D eigenvalue weighted by Crippen LogP contribution is 2.40. The van der Waals surface area contributed by atoms with Gasteiger partial charge in [0.25, 0.3) is 5.91 Å². The summed E-state index contributed by atoms with van der Waals surface area (Å²) in [7, 11) is 0. The highest BCUT2D eigenvalue weighted by molar-refractivity contribution is 5.81.